The number of hydrogen-bond acceptors (Lipinski definition) is 2. The molecule has 0 aliphatic rings. The zero-order valence-electron chi connectivity index (χ0n) is 10.2. The van der Waals surface area contributed by atoms with E-state index in [0.717, 1.165) is 13.1 Å². The van der Waals surface area contributed by atoms with E-state index in [9.17, 15) is 0 Å². The van der Waals surface area contributed by atoms with Gasteiger partial charge in [0.05, 0.1) is 0 Å². The lowest BCUT2D eigenvalue weighted by atomic mass is 9.82. The van der Waals surface area contributed by atoms with Crippen LogP contribution in [0.1, 0.15) is 41.5 Å². The number of rotatable bonds is 5. The molecule has 0 rings (SSSR count). The molecule has 0 radical (unpaired) electrons. The minimum Gasteiger partial charge on any atom is -0.310 e. The molecule has 0 heterocycles. The van der Waals surface area contributed by atoms with Gasteiger partial charge in [-0.1, -0.05) is 13.8 Å². The second kappa shape index (κ2) is 8.08. The van der Waals surface area contributed by atoms with Crippen LogP contribution in [0, 0.1) is 0 Å². The Bertz CT molecular complexity index is 120. The van der Waals surface area contributed by atoms with Crippen molar-refractivity contribution in [3.05, 3.63) is 0 Å². The second-order valence-electron chi connectivity index (χ2n) is 4.31. The molecular formula is C10H26Br2N2. The van der Waals surface area contributed by atoms with Crippen LogP contribution in [-0.4, -0.2) is 24.2 Å². The number of hydrogen-bond donors (Lipinski definition) is 2. The molecule has 0 aliphatic heterocycles. The quantitative estimate of drug-likeness (QED) is 0.808. The van der Waals surface area contributed by atoms with Gasteiger partial charge in [0, 0.05) is 11.1 Å². The van der Waals surface area contributed by atoms with Crippen LogP contribution in [0.25, 0.3) is 0 Å². The normalized spacial score (nSPS) is 11.6. The predicted molar refractivity (Wildman–Crippen MR) is 76.2 cm³/mol. The summed E-state index contributed by atoms with van der Waals surface area (Å²) in [4.78, 5) is 0. The molecule has 0 aromatic rings. The third kappa shape index (κ3) is 5.69. The van der Waals surface area contributed by atoms with Crippen LogP contribution in [0.15, 0.2) is 0 Å². The van der Waals surface area contributed by atoms with Crippen LogP contribution in [0.2, 0.25) is 0 Å². The molecule has 0 amide bonds. The van der Waals surface area contributed by atoms with Crippen molar-refractivity contribution >= 4 is 34.0 Å². The largest absolute Gasteiger partial charge is 0.310 e. The maximum absolute atomic E-state index is 3.48. The third-order valence-corrected chi connectivity index (χ3v) is 2.80. The summed E-state index contributed by atoms with van der Waals surface area (Å²) < 4.78 is 0. The van der Waals surface area contributed by atoms with Crippen LogP contribution in [0.4, 0.5) is 0 Å². The SMILES string of the molecule is Br.Br.CCNC(C)(C)C(C)(C)NCC. The topological polar surface area (TPSA) is 24.1 Å². The summed E-state index contributed by atoms with van der Waals surface area (Å²) >= 11 is 0. The summed E-state index contributed by atoms with van der Waals surface area (Å²) in [5.74, 6) is 0. The second-order valence-corrected chi connectivity index (χ2v) is 4.31. The van der Waals surface area contributed by atoms with Gasteiger partial charge in [-0.05, 0) is 40.8 Å². The molecule has 0 atom stereocenters. The van der Waals surface area contributed by atoms with E-state index in [1.165, 1.54) is 0 Å². The van der Waals surface area contributed by atoms with Gasteiger partial charge in [0.25, 0.3) is 0 Å². The minimum absolute atomic E-state index is 0. The highest BCUT2D eigenvalue weighted by molar-refractivity contribution is 8.93. The van der Waals surface area contributed by atoms with Gasteiger partial charge in [0.1, 0.15) is 0 Å². The van der Waals surface area contributed by atoms with Gasteiger partial charge < -0.3 is 10.6 Å². The van der Waals surface area contributed by atoms with Crippen molar-refractivity contribution in [1.82, 2.24) is 10.6 Å². The Labute approximate surface area is 110 Å². The monoisotopic (exact) mass is 332 g/mol. The molecule has 90 valence electrons. The van der Waals surface area contributed by atoms with Crippen molar-refractivity contribution in [2.75, 3.05) is 13.1 Å². The fraction of sp³-hybridized carbons (Fsp3) is 1.00. The van der Waals surface area contributed by atoms with Crippen molar-refractivity contribution in [2.45, 2.75) is 52.6 Å². The van der Waals surface area contributed by atoms with Crippen molar-refractivity contribution in [3.8, 4) is 0 Å². The lowest BCUT2D eigenvalue weighted by molar-refractivity contribution is 0.199. The Morgan fingerprint density at radius 3 is 1.07 bits per heavy atom. The van der Waals surface area contributed by atoms with E-state index in [0.29, 0.717) is 0 Å². The Balaban J connectivity index is -0.000000605. The average Bonchev–Trinajstić information content (AvgIpc) is 1.86. The summed E-state index contributed by atoms with van der Waals surface area (Å²) in [7, 11) is 0. The fourth-order valence-electron chi connectivity index (χ4n) is 1.33. The minimum atomic E-state index is 0. The molecule has 0 aromatic carbocycles. The number of halogens is 2. The molecule has 0 bridgehead atoms. The van der Waals surface area contributed by atoms with E-state index in [1.54, 1.807) is 0 Å². The van der Waals surface area contributed by atoms with E-state index < -0.39 is 0 Å². The highest BCUT2D eigenvalue weighted by atomic mass is 79.9. The Kier molecular flexibility index (Phi) is 11.7. The summed E-state index contributed by atoms with van der Waals surface area (Å²) in [5, 5.41) is 6.97. The van der Waals surface area contributed by atoms with Crippen molar-refractivity contribution in [3.63, 3.8) is 0 Å². The Hall–Kier alpha value is 0.880. The van der Waals surface area contributed by atoms with Crippen LogP contribution < -0.4 is 10.6 Å². The zero-order chi connectivity index (χ0) is 9.83. The fourth-order valence-corrected chi connectivity index (χ4v) is 1.33. The highest BCUT2D eigenvalue weighted by Crippen LogP contribution is 2.20. The standard InChI is InChI=1S/C10H24N2.2BrH/c1-7-11-9(3,4)10(5,6)12-8-2;;/h11-12H,7-8H2,1-6H3;2*1H. The zero-order valence-corrected chi connectivity index (χ0v) is 13.7. The van der Waals surface area contributed by atoms with Crippen LogP contribution in [-0.2, 0) is 0 Å². The molecule has 4 heteroatoms. The molecule has 0 fully saturated rings. The molecule has 2 nitrogen and oxygen atoms in total. The molecule has 0 aromatic heterocycles. The predicted octanol–water partition coefficient (Wildman–Crippen LogP) is 2.92. The Morgan fingerprint density at radius 2 is 0.929 bits per heavy atom. The lowest BCUT2D eigenvalue weighted by Gasteiger charge is -2.43. The van der Waals surface area contributed by atoms with Gasteiger partial charge in [-0.2, -0.15) is 0 Å². The highest BCUT2D eigenvalue weighted by Gasteiger charge is 2.34. The molecule has 0 spiro atoms. The number of nitrogens with one attached hydrogen (secondary N) is 2. The lowest BCUT2D eigenvalue weighted by Crippen LogP contribution is -2.62. The van der Waals surface area contributed by atoms with Crippen LogP contribution in [0.5, 0.6) is 0 Å². The van der Waals surface area contributed by atoms with Crippen molar-refractivity contribution in [1.29, 1.82) is 0 Å². The Morgan fingerprint density at radius 1 is 0.714 bits per heavy atom. The first-order chi connectivity index (χ1) is 5.37. The molecule has 0 unspecified atom stereocenters. The first-order valence-corrected chi connectivity index (χ1v) is 4.87. The van der Waals surface area contributed by atoms with E-state index in [2.05, 4.69) is 52.2 Å². The molecule has 0 saturated carbocycles. The van der Waals surface area contributed by atoms with Crippen LogP contribution in [0.3, 0.4) is 0 Å². The van der Waals surface area contributed by atoms with Gasteiger partial charge in [-0.25, -0.2) is 0 Å². The van der Waals surface area contributed by atoms with Crippen LogP contribution >= 0.6 is 34.0 Å². The summed E-state index contributed by atoms with van der Waals surface area (Å²) in [6.45, 7) is 15.3. The van der Waals surface area contributed by atoms with E-state index in [4.69, 9.17) is 0 Å². The van der Waals surface area contributed by atoms with Crippen molar-refractivity contribution < 1.29 is 0 Å². The van der Waals surface area contributed by atoms with E-state index in [1.807, 2.05) is 0 Å². The first-order valence-electron chi connectivity index (χ1n) is 4.87. The molecular weight excluding hydrogens is 308 g/mol. The average molecular weight is 334 g/mol. The van der Waals surface area contributed by atoms with Crippen molar-refractivity contribution in [2.24, 2.45) is 0 Å². The van der Waals surface area contributed by atoms with Gasteiger partial charge in [-0.3, -0.25) is 0 Å². The smallest absolute Gasteiger partial charge is 0.0301 e. The summed E-state index contributed by atoms with van der Waals surface area (Å²) in [5.41, 5.74) is 0.273. The van der Waals surface area contributed by atoms with Gasteiger partial charge in [0.15, 0.2) is 0 Å². The molecule has 14 heavy (non-hydrogen) atoms. The summed E-state index contributed by atoms with van der Waals surface area (Å²) in [6.07, 6.45) is 0. The molecule has 2 N–H and O–H groups in total. The maximum atomic E-state index is 3.48. The van der Waals surface area contributed by atoms with Gasteiger partial charge >= 0.3 is 0 Å². The molecule has 0 saturated heterocycles. The molecule has 0 aliphatic carbocycles. The van der Waals surface area contributed by atoms with Gasteiger partial charge in [0.2, 0.25) is 0 Å². The summed E-state index contributed by atoms with van der Waals surface area (Å²) in [6, 6.07) is 0. The third-order valence-electron chi connectivity index (χ3n) is 2.80. The first kappa shape index (κ1) is 20.3. The van der Waals surface area contributed by atoms with E-state index in [-0.39, 0.29) is 45.0 Å². The van der Waals surface area contributed by atoms with E-state index >= 15 is 0 Å². The number of likely N-dealkylation sites (N-methyl/N-ethyl adjacent to an activating group) is 2. The maximum Gasteiger partial charge on any atom is 0.0301 e. The van der Waals surface area contributed by atoms with Gasteiger partial charge in [-0.15, -0.1) is 34.0 Å².